The molecular formula is C14H17N3O. The Morgan fingerprint density at radius 3 is 2.89 bits per heavy atom. The van der Waals surface area contributed by atoms with Crippen LogP contribution in [0.15, 0.2) is 22.6 Å². The summed E-state index contributed by atoms with van der Waals surface area (Å²) in [4.78, 5) is 4.42. The molecule has 2 saturated carbocycles. The molecule has 94 valence electrons. The van der Waals surface area contributed by atoms with Crippen molar-refractivity contribution in [1.82, 2.24) is 4.98 Å². The molecule has 0 atom stereocenters. The highest BCUT2D eigenvalue weighted by Crippen LogP contribution is 2.61. The van der Waals surface area contributed by atoms with Gasteiger partial charge in [-0.05, 0) is 49.1 Å². The van der Waals surface area contributed by atoms with E-state index in [9.17, 15) is 0 Å². The fourth-order valence-electron chi connectivity index (χ4n) is 2.88. The summed E-state index contributed by atoms with van der Waals surface area (Å²) in [7, 11) is 0. The molecule has 18 heavy (non-hydrogen) atoms. The summed E-state index contributed by atoms with van der Waals surface area (Å²) in [5.74, 6) is 0.944. The van der Waals surface area contributed by atoms with E-state index >= 15 is 0 Å². The van der Waals surface area contributed by atoms with E-state index < -0.39 is 0 Å². The van der Waals surface area contributed by atoms with Crippen LogP contribution in [0.4, 0.5) is 11.7 Å². The predicted octanol–water partition coefficient (Wildman–Crippen LogP) is 3.01. The van der Waals surface area contributed by atoms with Gasteiger partial charge in [0.15, 0.2) is 5.58 Å². The number of nitrogens with zero attached hydrogens (tertiary/aromatic N) is 1. The molecule has 4 heteroatoms. The lowest BCUT2D eigenvalue weighted by Crippen LogP contribution is -2.17. The van der Waals surface area contributed by atoms with Crippen molar-refractivity contribution in [3.8, 4) is 0 Å². The maximum absolute atomic E-state index is 5.87. The third kappa shape index (κ3) is 1.55. The molecule has 4 rings (SSSR count). The first-order valence-electron chi connectivity index (χ1n) is 6.66. The molecule has 2 aromatic rings. The van der Waals surface area contributed by atoms with Crippen LogP contribution in [-0.4, -0.2) is 11.5 Å². The maximum Gasteiger partial charge on any atom is 0.295 e. The highest BCUT2D eigenvalue weighted by atomic mass is 16.4. The molecule has 0 spiro atoms. The molecular weight excluding hydrogens is 226 g/mol. The van der Waals surface area contributed by atoms with Crippen molar-refractivity contribution in [2.24, 2.45) is 11.3 Å². The number of hydrogen-bond donors (Lipinski definition) is 2. The van der Waals surface area contributed by atoms with Crippen LogP contribution >= 0.6 is 0 Å². The van der Waals surface area contributed by atoms with Crippen LogP contribution in [-0.2, 0) is 0 Å². The number of anilines is 2. The Hall–Kier alpha value is -1.71. The summed E-state index contributed by atoms with van der Waals surface area (Å²) in [5.41, 5.74) is 8.61. The van der Waals surface area contributed by atoms with Crippen molar-refractivity contribution in [3.63, 3.8) is 0 Å². The zero-order valence-electron chi connectivity index (χ0n) is 10.3. The average Bonchev–Trinajstić information content (AvgIpc) is 3.24. The molecule has 2 aliphatic rings. The maximum atomic E-state index is 5.87. The summed E-state index contributed by atoms with van der Waals surface area (Å²) in [5, 5.41) is 3.35. The van der Waals surface area contributed by atoms with Gasteiger partial charge >= 0.3 is 0 Å². The molecule has 2 fully saturated rings. The number of nitrogens with two attached hydrogens (primary N) is 1. The van der Waals surface area contributed by atoms with Crippen LogP contribution in [0.3, 0.4) is 0 Å². The first-order chi connectivity index (χ1) is 8.77. The predicted molar refractivity (Wildman–Crippen MR) is 71.3 cm³/mol. The van der Waals surface area contributed by atoms with E-state index in [1.807, 2.05) is 18.2 Å². The molecule has 4 nitrogen and oxygen atoms in total. The minimum atomic E-state index is 0.548. The van der Waals surface area contributed by atoms with Crippen molar-refractivity contribution >= 4 is 22.8 Å². The molecule has 0 unspecified atom stereocenters. The van der Waals surface area contributed by atoms with E-state index in [1.54, 1.807) is 0 Å². The molecule has 0 bridgehead atoms. The standard InChI is InChI=1S/C14H17N3O/c15-10-2-1-3-11-12(10)17-13(18-11)16-8-14(6-7-14)9-4-5-9/h1-3,9H,4-8,15H2,(H,16,17). The Kier molecular flexibility index (Phi) is 1.93. The second kappa shape index (κ2) is 3.40. The van der Waals surface area contributed by atoms with Crippen molar-refractivity contribution < 1.29 is 4.42 Å². The van der Waals surface area contributed by atoms with E-state index in [0.29, 0.717) is 17.1 Å². The van der Waals surface area contributed by atoms with Crippen LogP contribution in [0.5, 0.6) is 0 Å². The third-order valence-electron chi connectivity index (χ3n) is 4.38. The van der Waals surface area contributed by atoms with Crippen molar-refractivity contribution in [3.05, 3.63) is 18.2 Å². The van der Waals surface area contributed by atoms with Crippen LogP contribution in [0.25, 0.3) is 11.1 Å². The van der Waals surface area contributed by atoms with Crippen LogP contribution in [0.1, 0.15) is 25.7 Å². The van der Waals surface area contributed by atoms with Gasteiger partial charge in [0.1, 0.15) is 5.52 Å². The lowest BCUT2D eigenvalue weighted by Gasteiger charge is -2.13. The third-order valence-corrected chi connectivity index (χ3v) is 4.38. The molecule has 0 amide bonds. The quantitative estimate of drug-likeness (QED) is 0.810. The summed E-state index contributed by atoms with van der Waals surface area (Å²) in [6, 6.07) is 6.24. The van der Waals surface area contributed by atoms with Gasteiger partial charge in [-0.15, -0.1) is 0 Å². The number of oxazole rings is 1. The number of nitrogens with one attached hydrogen (secondary N) is 1. The zero-order valence-corrected chi connectivity index (χ0v) is 10.3. The number of aromatic nitrogens is 1. The van der Waals surface area contributed by atoms with Crippen LogP contribution in [0.2, 0.25) is 0 Å². The van der Waals surface area contributed by atoms with Gasteiger partial charge in [-0.3, -0.25) is 0 Å². The van der Waals surface area contributed by atoms with Crippen LogP contribution < -0.4 is 11.1 Å². The molecule has 0 radical (unpaired) electrons. The summed E-state index contributed by atoms with van der Waals surface area (Å²) >= 11 is 0. The second-order valence-corrected chi connectivity index (χ2v) is 5.70. The first-order valence-corrected chi connectivity index (χ1v) is 6.66. The fraction of sp³-hybridized carbons (Fsp3) is 0.500. The van der Waals surface area contributed by atoms with Crippen molar-refractivity contribution in [1.29, 1.82) is 0 Å². The molecule has 0 saturated heterocycles. The SMILES string of the molecule is Nc1cccc2oc(NCC3(C4CC4)CC3)nc12. The minimum Gasteiger partial charge on any atom is -0.423 e. The van der Waals surface area contributed by atoms with E-state index in [2.05, 4.69) is 10.3 Å². The van der Waals surface area contributed by atoms with Crippen molar-refractivity contribution in [2.75, 3.05) is 17.6 Å². The molecule has 3 N–H and O–H groups in total. The number of para-hydroxylation sites is 1. The van der Waals surface area contributed by atoms with Gasteiger partial charge in [-0.25, -0.2) is 0 Å². The van der Waals surface area contributed by atoms with Gasteiger partial charge in [0.05, 0.1) is 5.69 Å². The Labute approximate surface area is 106 Å². The number of rotatable bonds is 4. The van der Waals surface area contributed by atoms with E-state index in [0.717, 1.165) is 23.6 Å². The zero-order chi connectivity index (χ0) is 12.2. The van der Waals surface area contributed by atoms with E-state index in [4.69, 9.17) is 10.2 Å². The topological polar surface area (TPSA) is 64.1 Å². The van der Waals surface area contributed by atoms with Gasteiger partial charge in [0.2, 0.25) is 0 Å². The largest absolute Gasteiger partial charge is 0.423 e. The lowest BCUT2D eigenvalue weighted by molar-refractivity contribution is 0.459. The van der Waals surface area contributed by atoms with Crippen molar-refractivity contribution in [2.45, 2.75) is 25.7 Å². The van der Waals surface area contributed by atoms with Gasteiger partial charge in [0.25, 0.3) is 6.01 Å². The summed E-state index contributed by atoms with van der Waals surface area (Å²) < 4.78 is 5.67. The lowest BCUT2D eigenvalue weighted by atomic mass is 10.0. The Morgan fingerprint density at radius 1 is 1.39 bits per heavy atom. The summed E-state index contributed by atoms with van der Waals surface area (Å²) in [6.07, 6.45) is 5.52. The molecule has 1 aromatic carbocycles. The van der Waals surface area contributed by atoms with Gasteiger partial charge in [-0.2, -0.15) is 4.98 Å². The number of fused-ring (bicyclic) bond motifs is 1. The fourth-order valence-corrected chi connectivity index (χ4v) is 2.88. The first kappa shape index (κ1) is 10.2. The number of hydrogen-bond acceptors (Lipinski definition) is 4. The Balaban J connectivity index is 1.54. The minimum absolute atomic E-state index is 0.548. The van der Waals surface area contributed by atoms with E-state index in [-0.39, 0.29) is 0 Å². The summed E-state index contributed by atoms with van der Waals surface area (Å²) in [6.45, 7) is 0.990. The second-order valence-electron chi connectivity index (χ2n) is 5.70. The molecule has 2 aliphatic carbocycles. The Morgan fingerprint density at radius 2 is 2.22 bits per heavy atom. The van der Waals surface area contributed by atoms with Crippen LogP contribution in [0, 0.1) is 11.3 Å². The normalized spacial score (nSPS) is 21.1. The van der Waals surface area contributed by atoms with Gasteiger partial charge in [-0.1, -0.05) is 6.07 Å². The van der Waals surface area contributed by atoms with Gasteiger partial charge < -0.3 is 15.5 Å². The molecule has 1 heterocycles. The van der Waals surface area contributed by atoms with Gasteiger partial charge in [0, 0.05) is 6.54 Å². The van der Waals surface area contributed by atoms with E-state index in [1.165, 1.54) is 25.7 Å². The average molecular weight is 243 g/mol. The molecule has 0 aliphatic heterocycles. The highest BCUT2D eigenvalue weighted by molar-refractivity contribution is 5.86. The Bertz CT molecular complexity index is 596. The number of nitrogen functional groups attached to an aromatic ring is 1. The molecule has 1 aromatic heterocycles. The monoisotopic (exact) mass is 243 g/mol. The smallest absolute Gasteiger partial charge is 0.295 e. The highest BCUT2D eigenvalue weighted by Gasteiger charge is 2.53. The number of benzene rings is 1.